The molecule has 0 saturated carbocycles. The molecule has 9 nitrogen and oxygen atoms in total. The van der Waals surface area contributed by atoms with Gasteiger partial charge in [0.05, 0.1) is 18.9 Å². The van der Waals surface area contributed by atoms with Crippen LogP contribution in [0, 0.1) is 0 Å². The first-order valence-electron chi connectivity index (χ1n) is 5.21. The van der Waals surface area contributed by atoms with Gasteiger partial charge in [0.25, 0.3) is 5.56 Å². The fraction of sp³-hybridized carbons (Fsp3) is 0.444. The minimum Gasteiger partial charge on any atom is -0.394 e. The first-order chi connectivity index (χ1) is 8.52. The average Bonchev–Trinajstić information content (AvgIpc) is 2.36. The molecule has 2 atom stereocenters. The number of aliphatic hydroxyl groups excluding tert-OH is 3. The van der Waals surface area contributed by atoms with Gasteiger partial charge in [-0.05, 0) is 0 Å². The monoisotopic (exact) mass is 255 g/mol. The molecule has 0 aliphatic carbocycles. The molecule has 0 unspecified atom stereocenters. The number of rotatable bonds is 3. The molecule has 0 fully saturated rings. The number of nitrogen functional groups attached to an aromatic ring is 1. The third-order valence-corrected chi connectivity index (χ3v) is 2.51. The Bertz CT molecular complexity index is 540. The summed E-state index contributed by atoms with van der Waals surface area (Å²) in [7, 11) is 0. The zero-order chi connectivity index (χ0) is 13.3. The minimum atomic E-state index is -1.34. The van der Waals surface area contributed by atoms with E-state index in [1.165, 1.54) is 0 Å². The summed E-state index contributed by atoms with van der Waals surface area (Å²) in [5.74, 6) is -0.0514. The van der Waals surface area contributed by atoms with E-state index in [1.807, 2.05) is 0 Å². The fourth-order valence-corrected chi connectivity index (χ4v) is 1.57. The van der Waals surface area contributed by atoms with Crippen molar-refractivity contribution in [2.75, 3.05) is 24.2 Å². The summed E-state index contributed by atoms with van der Waals surface area (Å²) in [5.41, 5.74) is 5.23. The SMILES string of the molecule is Nc1nc2c(c(=O)[nH]1)NCC([C@H](O)[C@H](O)CO)=N2. The summed E-state index contributed by atoms with van der Waals surface area (Å²) in [5, 5.41) is 30.5. The van der Waals surface area contributed by atoms with E-state index in [9.17, 15) is 15.0 Å². The maximum absolute atomic E-state index is 11.5. The average molecular weight is 255 g/mol. The Labute approximate surface area is 101 Å². The van der Waals surface area contributed by atoms with Crippen LogP contribution >= 0.6 is 0 Å². The number of nitrogens with two attached hydrogens (primary N) is 1. The van der Waals surface area contributed by atoms with Gasteiger partial charge < -0.3 is 26.4 Å². The highest BCUT2D eigenvalue weighted by molar-refractivity contribution is 5.97. The lowest BCUT2D eigenvalue weighted by molar-refractivity contribution is 0.0180. The van der Waals surface area contributed by atoms with E-state index in [1.54, 1.807) is 0 Å². The van der Waals surface area contributed by atoms with Crippen molar-refractivity contribution in [3.8, 4) is 0 Å². The number of nitrogens with one attached hydrogen (secondary N) is 2. The highest BCUT2D eigenvalue weighted by Crippen LogP contribution is 2.22. The third kappa shape index (κ3) is 2.18. The van der Waals surface area contributed by atoms with E-state index in [4.69, 9.17) is 10.8 Å². The van der Waals surface area contributed by atoms with Crippen LogP contribution in [0.15, 0.2) is 9.79 Å². The number of hydrogen-bond acceptors (Lipinski definition) is 8. The van der Waals surface area contributed by atoms with Crippen LogP contribution in [-0.2, 0) is 0 Å². The number of aromatic nitrogens is 2. The molecule has 7 N–H and O–H groups in total. The Morgan fingerprint density at radius 3 is 2.83 bits per heavy atom. The summed E-state index contributed by atoms with van der Waals surface area (Å²) in [6.07, 6.45) is -2.68. The lowest BCUT2D eigenvalue weighted by atomic mass is 10.1. The summed E-state index contributed by atoms with van der Waals surface area (Å²) >= 11 is 0. The van der Waals surface area contributed by atoms with E-state index in [2.05, 4.69) is 20.3 Å². The van der Waals surface area contributed by atoms with Crippen LogP contribution in [0.4, 0.5) is 17.5 Å². The topological polar surface area (TPSA) is 157 Å². The summed E-state index contributed by atoms with van der Waals surface area (Å²) < 4.78 is 0. The Balaban J connectivity index is 2.38. The van der Waals surface area contributed by atoms with Crippen molar-refractivity contribution in [2.24, 2.45) is 4.99 Å². The summed E-state index contributed by atoms with van der Waals surface area (Å²) in [4.78, 5) is 21.6. The van der Waals surface area contributed by atoms with Crippen molar-refractivity contribution >= 4 is 23.2 Å². The smallest absolute Gasteiger partial charge is 0.277 e. The molecule has 1 aliphatic rings. The van der Waals surface area contributed by atoms with Crippen molar-refractivity contribution in [3.05, 3.63) is 10.4 Å². The number of nitrogens with zero attached hydrogens (tertiary/aromatic N) is 2. The maximum atomic E-state index is 11.5. The van der Waals surface area contributed by atoms with E-state index in [0.29, 0.717) is 0 Å². The highest BCUT2D eigenvalue weighted by Gasteiger charge is 2.25. The zero-order valence-corrected chi connectivity index (χ0v) is 9.29. The summed E-state index contributed by atoms with van der Waals surface area (Å²) in [6, 6.07) is 0. The van der Waals surface area contributed by atoms with Crippen molar-refractivity contribution in [1.82, 2.24) is 9.97 Å². The molecule has 1 aromatic heterocycles. The largest absolute Gasteiger partial charge is 0.394 e. The van der Waals surface area contributed by atoms with Crippen LogP contribution in [0.1, 0.15) is 0 Å². The number of aliphatic imine (C=N–C) groups is 1. The molecular weight excluding hydrogens is 242 g/mol. The number of H-pyrrole nitrogens is 1. The Morgan fingerprint density at radius 1 is 1.44 bits per heavy atom. The van der Waals surface area contributed by atoms with Crippen molar-refractivity contribution in [1.29, 1.82) is 0 Å². The third-order valence-electron chi connectivity index (χ3n) is 2.51. The fourth-order valence-electron chi connectivity index (χ4n) is 1.57. The standard InChI is InChI=1S/C9H13N5O4/c10-9-13-7-5(8(18)14-9)11-1-3(12-7)6(17)4(16)2-15/h4,6,11,15-17H,1-2H2,(H3,10,13,14,18)/t4-,6+/m1/s1. The molecular formula is C9H13N5O4. The molecule has 18 heavy (non-hydrogen) atoms. The summed E-state index contributed by atoms with van der Waals surface area (Å²) in [6.45, 7) is -0.530. The van der Waals surface area contributed by atoms with Crippen LogP contribution in [0.5, 0.6) is 0 Å². The second-order valence-corrected chi connectivity index (χ2v) is 3.80. The molecule has 1 aliphatic heterocycles. The van der Waals surface area contributed by atoms with Gasteiger partial charge in [-0.3, -0.25) is 9.78 Å². The van der Waals surface area contributed by atoms with Gasteiger partial charge in [-0.25, -0.2) is 4.99 Å². The number of aromatic amines is 1. The van der Waals surface area contributed by atoms with Gasteiger partial charge in [-0.2, -0.15) is 4.98 Å². The molecule has 0 bridgehead atoms. The van der Waals surface area contributed by atoms with Gasteiger partial charge >= 0.3 is 0 Å². The molecule has 0 saturated heterocycles. The van der Waals surface area contributed by atoms with Crippen molar-refractivity contribution < 1.29 is 15.3 Å². The molecule has 2 rings (SSSR count). The first kappa shape index (κ1) is 12.5. The Morgan fingerprint density at radius 2 is 2.17 bits per heavy atom. The Hall–Kier alpha value is -1.97. The van der Waals surface area contributed by atoms with Gasteiger partial charge in [0, 0.05) is 0 Å². The molecule has 98 valence electrons. The second kappa shape index (κ2) is 4.72. The minimum absolute atomic E-state index is 0.0432. The van der Waals surface area contributed by atoms with Crippen LogP contribution in [0.25, 0.3) is 0 Å². The molecule has 1 aromatic rings. The van der Waals surface area contributed by atoms with E-state index < -0.39 is 24.4 Å². The number of hydrogen-bond donors (Lipinski definition) is 6. The zero-order valence-electron chi connectivity index (χ0n) is 9.29. The number of aliphatic hydroxyl groups is 3. The van der Waals surface area contributed by atoms with Gasteiger partial charge in [-0.15, -0.1) is 0 Å². The molecule has 0 spiro atoms. The van der Waals surface area contributed by atoms with Crippen molar-refractivity contribution in [2.45, 2.75) is 12.2 Å². The van der Waals surface area contributed by atoms with Gasteiger partial charge in [-0.1, -0.05) is 0 Å². The van der Waals surface area contributed by atoms with Gasteiger partial charge in [0.2, 0.25) is 5.95 Å². The molecule has 0 radical (unpaired) electrons. The number of fused-ring (bicyclic) bond motifs is 1. The van der Waals surface area contributed by atoms with Gasteiger partial charge in [0.15, 0.2) is 5.82 Å². The van der Waals surface area contributed by atoms with Crippen LogP contribution in [-0.4, -0.2) is 56.4 Å². The normalized spacial score (nSPS) is 17.4. The van der Waals surface area contributed by atoms with E-state index >= 15 is 0 Å². The quantitative estimate of drug-likeness (QED) is 0.350. The first-order valence-corrected chi connectivity index (χ1v) is 5.21. The van der Waals surface area contributed by atoms with Crippen LogP contribution in [0.2, 0.25) is 0 Å². The second-order valence-electron chi connectivity index (χ2n) is 3.80. The predicted molar refractivity (Wildman–Crippen MR) is 64.0 cm³/mol. The maximum Gasteiger partial charge on any atom is 0.277 e. The molecule has 0 amide bonds. The van der Waals surface area contributed by atoms with Gasteiger partial charge in [0.1, 0.15) is 17.9 Å². The number of anilines is 2. The lowest BCUT2D eigenvalue weighted by Crippen LogP contribution is -2.41. The van der Waals surface area contributed by atoms with Crippen LogP contribution in [0.3, 0.4) is 0 Å². The molecule has 0 aromatic carbocycles. The van der Waals surface area contributed by atoms with E-state index in [0.717, 1.165) is 0 Å². The van der Waals surface area contributed by atoms with Crippen LogP contribution < -0.4 is 16.6 Å². The van der Waals surface area contributed by atoms with Crippen molar-refractivity contribution in [3.63, 3.8) is 0 Å². The molecule has 2 heterocycles. The lowest BCUT2D eigenvalue weighted by Gasteiger charge is -2.22. The Kier molecular flexibility index (Phi) is 3.28. The highest BCUT2D eigenvalue weighted by atomic mass is 16.4. The van der Waals surface area contributed by atoms with E-state index in [-0.39, 0.29) is 29.7 Å². The predicted octanol–water partition coefficient (Wildman–Crippen LogP) is -2.44. The molecule has 9 heteroatoms.